The third kappa shape index (κ3) is 3.35. The topological polar surface area (TPSA) is 42.9 Å². The lowest BCUT2D eigenvalue weighted by atomic mass is 10.3. The normalized spacial score (nSPS) is 23.7. The smallest absolute Gasteiger partial charge is 0.191 e. The van der Waals surface area contributed by atoms with Crippen molar-refractivity contribution in [1.82, 2.24) is 20.4 Å². The molecule has 0 bridgehead atoms. The molecule has 0 aliphatic carbocycles. The number of likely N-dealkylation sites (N-methyl/N-ethyl adjacent to an activating group) is 1. The zero-order valence-electron chi connectivity index (χ0n) is 9.50. The highest BCUT2D eigenvalue weighted by Gasteiger charge is 2.13. The van der Waals surface area contributed by atoms with Crippen molar-refractivity contribution < 1.29 is 0 Å². The second-order valence-electron chi connectivity index (χ2n) is 4.23. The fourth-order valence-corrected chi connectivity index (χ4v) is 1.92. The third-order valence-corrected chi connectivity index (χ3v) is 2.99. The van der Waals surface area contributed by atoms with Crippen LogP contribution in [0.1, 0.15) is 0 Å². The number of piperazine rings is 1. The Kier molecular flexibility index (Phi) is 3.80. The van der Waals surface area contributed by atoms with Crippen LogP contribution in [-0.4, -0.2) is 75.2 Å². The van der Waals surface area contributed by atoms with Gasteiger partial charge in [-0.3, -0.25) is 9.89 Å². The molecule has 5 nitrogen and oxygen atoms in total. The van der Waals surface area contributed by atoms with Crippen molar-refractivity contribution in [2.75, 3.05) is 59.4 Å². The van der Waals surface area contributed by atoms with E-state index in [9.17, 15) is 0 Å². The maximum absolute atomic E-state index is 4.30. The molecule has 0 aromatic carbocycles. The summed E-state index contributed by atoms with van der Waals surface area (Å²) < 4.78 is 0. The van der Waals surface area contributed by atoms with E-state index in [1.165, 1.54) is 26.2 Å². The molecular formula is C10H21N5. The first-order chi connectivity index (χ1) is 7.34. The summed E-state index contributed by atoms with van der Waals surface area (Å²) in [6.45, 7) is 8.78. The zero-order chi connectivity index (χ0) is 10.5. The Bertz CT molecular complexity index is 220. The van der Waals surface area contributed by atoms with Gasteiger partial charge in [0.1, 0.15) is 0 Å². The average molecular weight is 211 g/mol. The average Bonchev–Trinajstić information content (AvgIpc) is 2.74. The Hall–Kier alpha value is -0.810. The van der Waals surface area contributed by atoms with E-state index in [4.69, 9.17) is 0 Å². The Labute approximate surface area is 91.5 Å². The van der Waals surface area contributed by atoms with Crippen molar-refractivity contribution in [3.63, 3.8) is 0 Å². The molecule has 1 saturated heterocycles. The van der Waals surface area contributed by atoms with Gasteiger partial charge in [0, 0.05) is 45.8 Å². The quantitative estimate of drug-likeness (QED) is 0.614. The maximum atomic E-state index is 4.30. The van der Waals surface area contributed by atoms with Crippen molar-refractivity contribution >= 4 is 5.96 Å². The minimum Gasteiger partial charge on any atom is -0.355 e. The monoisotopic (exact) mass is 211 g/mol. The number of hydrogen-bond acceptors (Lipinski definition) is 5. The standard InChI is InChI=1S/C10H21N5/c1-14-6-8-15(9-7-14)5-4-13-10-11-2-3-12-10/h2-9H2,1H3,(H2,11,12,13). The van der Waals surface area contributed by atoms with Gasteiger partial charge in [0.25, 0.3) is 0 Å². The lowest BCUT2D eigenvalue weighted by Gasteiger charge is -2.32. The third-order valence-electron chi connectivity index (χ3n) is 2.99. The van der Waals surface area contributed by atoms with Gasteiger partial charge in [-0.2, -0.15) is 0 Å². The van der Waals surface area contributed by atoms with E-state index < -0.39 is 0 Å². The van der Waals surface area contributed by atoms with Gasteiger partial charge < -0.3 is 15.5 Å². The summed E-state index contributed by atoms with van der Waals surface area (Å²) in [4.78, 5) is 9.18. The molecular weight excluding hydrogens is 190 g/mol. The van der Waals surface area contributed by atoms with E-state index >= 15 is 0 Å². The fourth-order valence-electron chi connectivity index (χ4n) is 1.92. The summed E-state index contributed by atoms with van der Waals surface area (Å²) >= 11 is 0. The number of hydrogen-bond donors (Lipinski definition) is 2. The van der Waals surface area contributed by atoms with Gasteiger partial charge in [0.2, 0.25) is 0 Å². The van der Waals surface area contributed by atoms with E-state index in [0.29, 0.717) is 0 Å². The molecule has 0 atom stereocenters. The van der Waals surface area contributed by atoms with Gasteiger partial charge in [0.15, 0.2) is 5.96 Å². The molecule has 0 spiro atoms. The van der Waals surface area contributed by atoms with E-state index in [1.807, 2.05) is 0 Å². The summed E-state index contributed by atoms with van der Waals surface area (Å²) in [6, 6.07) is 0. The van der Waals surface area contributed by atoms with Gasteiger partial charge >= 0.3 is 0 Å². The van der Waals surface area contributed by atoms with Crippen LogP contribution in [0, 0.1) is 0 Å². The highest BCUT2D eigenvalue weighted by Crippen LogP contribution is 1.97. The van der Waals surface area contributed by atoms with Crippen molar-refractivity contribution in [3.05, 3.63) is 0 Å². The number of rotatable bonds is 3. The van der Waals surface area contributed by atoms with Gasteiger partial charge in [-0.1, -0.05) is 0 Å². The Morgan fingerprint density at radius 2 is 2.13 bits per heavy atom. The second-order valence-corrected chi connectivity index (χ2v) is 4.23. The first-order valence-corrected chi connectivity index (χ1v) is 5.78. The summed E-state index contributed by atoms with van der Waals surface area (Å²) in [7, 11) is 2.19. The van der Waals surface area contributed by atoms with Crippen LogP contribution in [0.15, 0.2) is 4.99 Å². The minimum absolute atomic E-state index is 0.914. The number of nitrogens with zero attached hydrogens (tertiary/aromatic N) is 3. The lowest BCUT2D eigenvalue weighted by molar-refractivity contribution is 0.156. The largest absolute Gasteiger partial charge is 0.355 e. The molecule has 0 unspecified atom stereocenters. The van der Waals surface area contributed by atoms with E-state index in [0.717, 1.165) is 32.1 Å². The fraction of sp³-hybridized carbons (Fsp3) is 0.900. The first kappa shape index (κ1) is 10.7. The van der Waals surface area contributed by atoms with E-state index in [1.54, 1.807) is 0 Å². The van der Waals surface area contributed by atoms with Gasteiger partial charge in [-0.05, 0) is 7.05 Å². The van der Waals surface area contributed by atoms with Crippen LogP contribution < -0.4 is 10.6 Å². The molecule has 2 heterocycles. The van der Waals surface area contributed by atoms with E-state index in [2.05, 4.69) is 32.5 Å². The molecule has 0 saturated carbocycles. The van der Waals surface area contributed by atoms with Gasteiger partial charge in [-0.25, -0.2) is 0 Å². The van der Waals surface area contributed by atoms with Crippen LogP contribution in [0.4, 0.5) is 0 Å². The predicted octanol–water partition coefficient (Wildman–Crippen LogP) is -1.22. The minimum atomic E-state index is 0.914. The summed E-state index contributed by atoms with van der Waals surface area (Å²) in [5, 5.41) is 6.54. The van der Waals surface area contributed by atoms with Crippen LogP contribution in [0.2, 0.25) is 0 Å². The van der Waals surface area contributed by atoms with Crippen molar-refractivity contribution in [3.8, 4) is 0 Å². The highest BCUT2D eigenvalue weighted by atomic mass is 15.3. The molecule has 1 fully saturated rings. The molecule has 2 aliphatic heterocycles. The van der Waals surface area contributed by atoms with Crippen molar-refractivity contribution in [1.29, 1.82) is 0 Å². The Morgan fingerprint density at radius 1 is 1.33 bits per heavy atom. The Balaban J connectivity index is 1.57. The number of guanidine groups is 1. The zero-order valence-corrected chi connectivity index (χ0v) is 9.50. The maximum Gasteiger partial charge on any atom is 0.191 e. The molecule has 0 aromatic rings. The highest BCUT2D eigenvalue weighted by molar-refractivity contribution is 5.81. The molecule has 0 aromatic heterocycles. The molecule has 2 N–H and O–H groups in total. The van der Waals surface area contributed by atoms with E-state index in [-0.39, 0.29) is 0 Å². The second kappa shape index (κ2) is 5.32. The molecule has 0 amide bonds. The summed E-state index contributed by atoms with van der Waals surface area (Å²) in [5.74, 6) is 0.976. The van der Waals surface area contributed by atoms with Crippen LogP contribution in [-0.2, 0) is 0 Å². The van der Waals surface area contributed by atoms with Crippen molar-refractivity contribution in [2.45, 2.75) is 0 Å². The van der Waals surface area contributed by atoms with Crippen LogP contribution in [0.3, 0.4) is 0 Å². The molecule has 15 heavy (non-hydrogen) atoms. The number of aliphatic imine (C=N–C) groups is 1. The van der Waals surface area contributed by atoms with Gasteiger partial charge in [0.05, 0.1) is 6.54 Å². The SMILES string of the molecule is CN1CCN(CCNC2=NCCN2)CC1. The van der Waals surface area contributed by atoms with Gasteiger partial charge in [-0.15, -0.1) is 0 Å². The molecule has 2 rings (SSSR count). The predicted molar refractivity (Wildman–Crippen MR) is 62.2 cm³/mol. The Morgan fingerprint density at radius 3 is 2.80 bits per heavy atom. The molecule has 0 radical (unpaired) electrons. The number of nitrogens with one attached hydrogen (secondary N) is 2. The summed E-state index contributed by atoms with van der Waals surface area (Å²) in [5.41, 5.74) is 0. The van der Waals surface area contributed by atoms with Crippen LogP contribution >= 0.6 is 0 Å². The van der Waals surface area contributed by atoms with Crippen LogP contribution in [0.5, 0.6) is 0 Å². The lowest BCUT2D eigenvalue weighted by Crippen LogP contribution is -2.47. The molecule has 5 heteroatoms. The van der Waals surface area contributed by atoms with Crippen LogP contribution in [0.25, 0.3) is 0 Å². The molecule has 2 aliphatic rings. The van der Waals surface area contributed by atoms with Crippen molar-refractivity contribution in [2.24, 2.45) is 4.99 Å². The first-order valence-electron chi connectivity index (χ1n) is 5.78. The summed E-state index contributed by atoms with van der Waals surface area (Å²) in [6.07, 6.45) is 0. The molecule has 86 valence electrons.